The Morgan fingerprint density at radius 3 is 2.86 bits per heavy atom. The minimum absolute atomic E-state index is 0.0567. The van der Waals surface area contributed by atoms with E-state index in [1.54, 1.807) is 6.20 Å². The van der Waals surface area contributed by atoms with Crippen molar-refractivity contribution in [2.45, 2.75) is 39.3 Å². The maximum Gasteiger partial charge on any atom is 0.225 e. The third-order valence-electron chi connectivity index (χ3n) is 3.56. The number of halogens is 1. The molecule has 0 N–H and O–H groups in total. The van der Waals surface area contributed by atoms with Crippen LogP contribution in [0.5, 0.6) is 0 Å². The number of amides is 1. The van der Waals surface area contributed by atoms with E-state index in [2.05, 4.69) is 12.0 Å². The van der Waals surface area contributed by atoms with Gasteiger partial charge in [-0.2, -0.15) is 5.10 Å². The Labute approximate surface area is 136 Å². The summed E-state index contributed by atoms with van der Waals surface area (Å²) in [5.74, 6) is 0.143. The summed E-state index contributed by atoms with van der Waals surface area (Å²) >= 11 is 6.02. The highest BCUT2D eigenvalue weighted by Gasteiger charge is 2.17. The molecule has 0 saturated heterocycles. The van der Waals surface area contributed by atoms with Crippen LogP contribution < -0.4 is 0 Å². The van der Waals surface area contributed by atoms with Gasteiger partial charge in [0, 0.05) is 36.9 Å². The molecule has 1 amide bonds. The molecule has 1 atom stereocenters. The Balaban J connectivity index is 2.01. The Morgan fingerprint density at radius 2 is 2.23 bits per heavy atom. The van der Waals surface area contributed by atoms with Crippen molar-refractivity contribution in [1.29, 1.82) is 0 Å². The van der Waals surface area contributed by atoms with Crippen LogP contribution >= 0.6 is 11.6 Å². The second-order valence-corrected chi connectivity index (χ2v) is 5.92. The van der Waals surface area contributed by atoms with Crippen LogP contribution in [0.25, 0.3) is 0 Å². The molecule has 5 heteroatoms. The molecule has 2 rings (SSSR count). The maximum absolute atomic E-state index is 12.6. The fourth-order valence-corrected chi connectivity index (χ4v) is 2.65. The summed E-state index contributed by atoms with van der Waals surface area (Å²) in [7, 11) is 0. The van der Waals surface area contributed by atoms with E-state index in [0.717, 1.165) is 18.5 Å². The van der Waals surface area contributed by atoms with Gasteiger partial charge in [0.05, 0.1) is 6.04 Å². The van der Waals surface area contributed by atoms with E-state index >= 15 is 0 Å². The molecule has 1 aromatic carbocycles. The number of carbonyl (C=O) groups is 1. The summed E-state index contributed by atoms with van der Waals surface area (Å²) in [6, 6.07) is 9.60. The first-order chi connectivity index (χ1) is 10.6. The quantitative estimate of drug-likeness (QED) is 0.775. The van der Waals surface area contributed by atoms with Gasteiger partial charge in [0.2, 0.25) is 5.91 Å². The van der Waals surface area contributed by atoms with E-state index in [4.69, 9.17) is 11.6 Å². The predicted molar refractivity (Wildman–Crippen MR) is 88.7 cm³/mol. The summed E-state index contributed by atoms with van der Waals surface area (Å²) in [5.41, 5.74) is 1.06. The molecule has 0 unspecified atom stereocenters. The van der Waals surface area contributed by atoms with Gasteiger partial charge in [-0.1, -0.05) is 30.7 Å². The smallest absolute Gasteiger partial charge is 0.225 e. The topological polar surface area (TPSA) is 38.1 Å². The minimum Gasteiger partial charge on any atom is -0.338 e. The van der Waals surface area contributed by atoms with Gasteiger partial charge in [-0.15, -0.1) is 0 Å². The van der Waals surface area contributed by atoms with Crippen LogP contribution in [0.1, 0.15) is 38.3 Å². The fourth-order valence-electron chi connectivity index (χ4n) is 2.43. The average Bonchev–Trinajstić information content (AvgIpc) is 3.01. The molecule has 0 saturated carbocycles. The van der Waals surface area contributed by atoms with E-state index in [1.165, 1.54) is 0 Å². The van der Waals surface area contributed by atoms with E-state index < -0.39 is 0 Å². The first kappa shape index (κ1) is 16.6. The monoisotopic (exact) mass is 319 g/mol. The molecule has 1 aromatic heterocycles. The van der Waals surface area contributed by atoms with Gasteiger partial charge in [-0.25, -0.2) is 0 Å². The number of nitrogens with zero attached hydrogens (tertiary/aromatic N) is 3. The number of rotatable bonds is 7. The van der Waals surface area contributed by atoms with Crippen LogP contribution in [0.4, 0.5) is 0 Å². The maximum atomic E-state index is 12.6. The molecule has 1 heterocycles. The predicted octanol–water partition coefficient (Wildman–Crippen LogP) is 3.93. The van der Waals surface area contributed by atoms with Crippen LogP contribution in [-0.2, 0) is 11.3 Å². The largest absolute Gasteiger partial charge is 0.338 e. The highest BCUT2D eigenvalue weighted by molar-refractivity contribution is 6.30. The van der Waals surface area contributed by atoms with Crippen LogP contribution in [0.3, 0.4) is 0 Å². The van der Waals surface area contributed by atoms with Crippen LogP contribution in [0.15, 0.2) is 42.7 Å². The normalized spacial score (nSPS) is 12.1. The number of benzene rings is 1. The SMILES string of the molecule is CCCN(Cc1cccc(Cl)c1)C(=O)C[C@H](C)n1cccn1. The van der Waals surface area contributed by atoms with Crippen LogP contribution in [-0.4, -0.2) is 27.1 Å². The lowest BCUT2D eigenvalue weighted by atomic mass is 10.1. The fraction of sp³-hybridized carbons (Fsp3) is 0.412. The van der Waals surface area contributed by atoms with Gasteiger partial charge in [0.1, 0.15) is 0 Å². The first-order valence-electron chi connectivity index (χ1n) is 7.61. The standard InChI is InChI=1S/C17H22ClN3O/c1-3-9-20(13-15-6-4-7-16(18)12-15)17(22)11-14(2)21-10-5-8-19-21/h4-8,10,12,14H,3,9,11,13H2,1-2H3/t14-/m0/s1. The number of carbonyl (C=O) groups excluding carboxylic acids is 1. The van der Waals surface area contributed by atoms with E-state index in [9.17, 15) is 4.79 Å². The lowest BCUT2D eigenvalue weighted by Crippen LogP contribution is -2.32. The molecule has 0 bridgehead atoms. The molecular formula is C17H22ClN3O. The van der Waals surface area contributed by atoms with Gasteiger partial charge in [-0.3, -0.25) is 9.48 Å². The Hall–Kier alpha value is -1.81. The van der Waals surface area contributed by atoms with Gasteiger partial charge in [-0.05, 0) is 37.1 Å². The molecule has 0 fully saturated rings. The highest BCUT2D eigenvalue weighted by atomic mass is 35.5. The third kappa shape index (κ3) is 4.60. The first-order valence-corrected chi connectivity index (χ1v) is 7.99. The van der Waals surface area contributed by atoms with E-state index in [-0.39, 0.29) is 11.9 Å². The Morgan fingerprint density at radius 1 is 1.41 bits per heavy atom. The number of hydrogen-bond acceptors (Lipinski definition) is 2. The van der Waals surface area contributed by atoms with E-state index in [1.807, 2.05) is 53.0 Å². The van der Waals surface area contributed by atoms with Gasteiger partial charge < -0.3 is 4.90 Å². The lowest BCUT2D eigenvalue weighted by Gasteiger charge is -2.24. The number of aromatic nitrogens is 2. The van der Waals surface area contributed by atoms with Gasteiger partial charge in [0.15, 0.2) is 0 Å². The van der Waals surface area contributed by atoms with Crippen molar-refractivity contribution in [2.24, 2.45) is 0 Å². The molecule has 22 heavy (non-hydrogen) atoms. The molecule has 0 aliphatic carbocycles. The molecule has 0 aliphatic heterocycles. The summed E-state index contributed by atoms with van der Waals surface area (Å²) < 4.78 is 1.82. The van der Waals surface area contributed by atoms with Crippen molar-refractivity contribution in [1.82, 2.24) is 14.7 Å². The molecule has 0 aliphatic rings. The second-order valence-electron chi connectivity index (χ2n) is 5.48. The molecule has 118 valence electrons. The third-order valence-corrected chi connectivity index (χ3v) is 3.79. The average molecular weight is 320 g/mol. The summed E-state index contributed by atoms with van der Waals surface area (Å²) in [4.78, 5) is 14.5. The highest BCUT2D eigenvalue weighted by Crippen LogP contribution is 2.16. The summed E-state index contributed by atoms with van der Waals surface area (Å²) in [5, 5.41) is 4.90. The van der Waals surface area contributed by atoms with Crippen LogP contribution in [0.2, 0.25) is 5.02 Å². The summed E-state index contributed by atoms with van der Waals surface area (Å²) in [6.45, 7) is 5.43. The molecule has 0 radical (unpaired) electrons. The zero-order valence-electron chi connectivity index (χ0n) is 13.1. The molecule has 0 spiro atoms. The van der Waals surface area contributed by atoms with Crippen molar-refractivity contribution < 1.29 is 4.79 Å². The van der Waals surface area contributed by atoms with Gasteiger partial charge >= 0.3 is 0 Å². The van der Waals surface area contributed by atoms with Crippen molar-refractivity contribution in [2.75, 3.05) is 6.54 Å². The Kier molecular flexibility index (Phi) is 6.01. The second kappa shape index (κ2) is 7.99. The number of hydrogen-bond donors (Lipinski definition) is 0. The Bertz CT molecular complexity index is 598. The van der Waals surface area contributed by atoms with Crippen molar-refractivity contribution in [3.8, 4) is 0 Å². The lowest BCUT2D eigenvalue weighted by molar-refractivity contribution is -0.132. The van der Waals surface area contributed by atoms with Crippen molar-refractivity contribution in [3.63, 3.8) is 0 Å². The van der Waals surface area contributed by atoms with Crippen LogP contribution in [0, 0.1) is 0 Å². The summed E-state index contributed by atoms with van der Waals surface area (Å²) in [6.07, 6.45) is 5.00. The zero-order chi connectivity index (χ0) is 15.9. The van der Waals surface area contributed by atoms with Crippen molar-refractivity contribution in [3.05, 3.63) is 53.3 Å². The zero-order valence-corrected chi connectivity index (χ0v) is 13.8. The molecule has 2 aromatic rings. The molecule has 4 nitrogen and oxygen atoms in total. The molecular weight excluding hydrogens is 298 g/mol. The minimum atomic E-state index is 0.0567. The van der Waals surface area contributed by atoms with Gasteiger partial charge in [0.25, 0.3) is 0 Å². The van der Waals surface area contributed by atoms with E-state index in [0.29, 0.717) is 18.0 Å². The van der Waals surface area contributed by atoms with Crippen molar-refractivity contribution >= 4 is 17.5 Å².